The van der Waals surface area contributed by atoms with Crippen LogP contribution in [0.5, 0.6) is 0 Å². The molecule has 0 spiro atoms. The maximum atomic E-state index is 11.9. The summed E-state index contributed by atoms with van der Waals surface area (Å²) < 4.78 is 25.1. The summed E-state index contributed by atoms with van der Waals surface area (Å²) in [6.45, 7) is 9.41. The van der Waals surface area contributed by atoms with Crippen LogP contribution in [0.15, 0.2) is 11.2 Å². The van der Waals surface area contributed by atoms with Crippen molar-refractivity contribution in [1.29, 1.82) is 0 Å². The molecule has 0 saturated carbocycles. The Morgan fingerprint density at radius 3 is 2.75 bits per heavy atom. The fourth-order valence-electron chi connectivity index (χ4n) is 3.12. The number of hydrogen-bond donors (Lipinski definition) is 1. The number of carbonyl (C=O) groups excluding carboxylic acids is 1. The number of aryl methyl sites for hydroxylation is 1. The highest BCUT2D eigenvalue weighted by Crippen LogP contribution is 2.21. The number of nitrogens with one attached hydrogen (secondary N) is 1. The molecule has 1 fully saturated rings. The van der Waals surface area contributed by atoms with E-state index in [1.54, 1.807) is 6.21 Å². The van der Waals surface area contributed by atoms with Gasteiger partial charge in [-0.2, -0.15) is 5.10 Å². The number of hydrazone groups is 1. The SMILES string of the molecule is Cc1cc(/C=N\NC(=O)C[C@H]2CCS(=O)(=O)C2)c(C)n1CC(C)C. The lowest BCUT2D eigenvalue weighted by molar-refractivity contribution is -0.121. The van der Waals surface area contributed by atoms with Crippen molar-refractivity contribution in [1.82, 2.24) is 9.99 Å². The van der Waals surface area contributed by atoms with Gasteiger partial charge in [0.15, 0.2) is 9.84 Å². The summed E-state index contributed by atoms with van der Waals surface area (Å²) in [5.74, 6) is 0.545. The number of amides is 1. The van der Waals surface area contributed by atoms with Gasteiger partial charge in [0.05, 0.1) is 17.7 Å². The number of nitrogens with zero attached hydrogens (tertiary/aromatic N) is 2. The Kier molecular flexibility index (Phi) is 5.85. The predicted octanol–water partition coefficient (Wildman–Crippen LogP) is 2.04. The molecular weight excluding hydrogens is 326 g/mol. The van der Waals surface area contributed by atoms with Crippen molar-refractivity contribution in [2.45, 2.75) is 47.1 Å². The Hall–Kier alpha value is -1.63. The summed E-state index contributed by atoms with van der Waals surface area (Å²) in [5.41, 5.74) is 5.79. The second-order valence-corrected chi connectivity index (χ2v) is 9.33. The number of carbonyl (C=O) groups is 1. The smallest absolute Gasteiger partial charge is 0.240 e. The molecule has 1 aliphatic heterocycles. The first kappa shape index (κ1) is 18.7. The highest BCUT2D eigenvalue weighted by molar-refractivity contribution is 7.91. The lowest BCUT2D eigenvalue weighted by Gasteiger charge is -2.11. The molecule has 0 bridgehead atoms. The maximum Gasteiger partial charge on any atom is 0.240 e. The molecule has 134 valence electrons. The van der Waals surface area contributed by atoms with Crippen LogP contribution in [0, 0.1) is 25.7 Å². The van der Waals surface area contributed by atoms with Crippen molar-refractivity contribution in [3.05, 3.63) is 23.0 Å². The third-order valence-corrected chi connectivity index (χ3v) is 6.19. The van der Waals surface area contributed by atoms with Crippen molar-refractivity contribution in [2.24, 2.45) is 16.9 Å². The Bertz CT molecular complexity index is 733. The topological polar surface area (TPSA) is 80.5 Å². The zero-order valence-electron chi connectivity index (χ0n) is 14.9. The minimum atomic E-state index is -2.94. The minimum Gasteiger partial charge on any atom is -0.348 e. The van der Waals surface area contributed by atoms with Gasteiger partial charge in [-0.15, -0.1) is 0 Å². The number of aromatic nitrogens is 1. The predicted molar refractivity (Wildman–Crippen MR) is 95.9 cm³/mol. The molecule has 7 heteroatoms. The normalized spacial score (nSPS) is 20.1. The Balaban J connectivity index is 1.91. The van der Waals surface area contributed by atoms with E-state index in [1.165, 1.54) is 5.69 Å². The van der Waals surface area contributed by atoms with Gasteiger partial charge in [0.25, 0.3) is 0 Å². The van der Waals surface area contributed by atoms with Crippen LogP contribution in [0.4, 0.5) is 0 Å². The van der Waals surface area contributed by atoms with Gasteiger partial charge in [0.1, 0.15) is 0 Å². The third kappa shape index (κ3) is 4.93. The van der Waals surface area contributed by atoms with E-state index in [-0.39, 0.29) is 29.8 Å². The average molecular weight is 353 g/mol. The largest absolute Gasteiger partial charge is 0.348 e. The van der Waals surface area contributed by atoms with Gasteiger partial charge in [-0.25, -0.2) is 13.8 Å². The summed E-state index contributed by atoms with van der Waals surface area (Å²) in [6.07, 6.45) is 2.43. The van der Waals surface area contributed by atoms with Gasteiger partial charge in [0, 0.05) is 29.9 Å². The highest BCUT2D eigenvalue weighted by Gasteiger charge is 2.29. The summed E-state index contributed by atoms with van der Waals surface area (Å²) in [7, 11) is -2.94. The van der Waals surface area contributed by atoms with Crippen molar-refractivity contribution >= 4 is 22.0 Å². The number of sulfone groups is 1. The van der Waals surface area contributed by atoms with Crippen LogP contribution in [0.1, 0.15) is 43.6 Å². The molecule has 1 N–H and O–H groups in total. The number of rotatable bonds is 6. The fraction of sp³-hybridized carbons (Fsp3) is 0.647. The molecule has 1 amide bonds. The molecule has 1 aromatic heterocycles. The van der Waals surface area contributed by atoms with E-state index in [0.29, 0.717) is 12.3 Å². The fourth-order valence-corrected chi connectivity index (χ4v) is 4.98. The van der Waals surface area contributed by atoms with E-state index in [1.807, 2.05) is 6.92 Å². The number of hydrogen-bond acceptors (Lipinski definition) is 4. The van der Waals surface area contributed by atoms with E-state index >= 15 is 0 Å². The van der Waals surface area contributed by atoms with Crippen LogP contribution in [0.25, 0.3) is 0 Å². The van der Waals surface area contributed by atoms with Crippen LogP contribution in [0.3, 0.4) is 0 Å². The molecule has 6 nitrogen and oxygen atoms in total. The summed E-state index contributed by atoms with van der Waals surface area (Å²) in [4.78, 5) is 11.9. The zero-order chi connectivity index (χ0) is 17.9. The lowest BCUT2D eigenvalue weighted by atomic mass is 10.1. The summed E-state index contributed by atoms with van der Waals surface area (Å²) >= 11 is 0. The molecule has 0 unspecified atom stereocenters. The van der Waals surface area contributed by atoms with Crippen LogP contribution in [-0.2, 0) is 21.2 Å². The summed E-state index contributed by atoms with van der Waals surface area (Å²) in [5, 5.41) is 4.03. The van der Waals surface area contributed by atoms with Gasteiger partial charge in [0.2, 0.25) is 5.91 Å². The standard InChI is InChI=1S/C17H27N3O3S/c1-12(2)10-20-13(3)7-16(14(20)4)9-18-19-17(21)8-15-5-6-24(22,23)11-15/h7,9,12,15H,5-6,8,10-11H2,1-4H3,(H,19,21)/b18-9-/t15-/m1/s1. The second kappa shape index (κ2) is 7.51. The van der Waals surface area contributed by atoms with Crippen LogP contribution < -0.4 is 5.43 Å². The molecule has 1 atom stereocenters. The van der Waals surface area contributed by atoms with E-state index in [9.17, 15) is 13.2 Å². The van der Waals surface area contributed by atoms with Gasteiger partial charge >= 0.3 is 0 Å². The zero-order valence-corrected chi connectivity index (χ0v) is 15.7. The molecule has 0 radical (unpaired) electrons. The molecule has 2 rings (SSSR count). The van der Waals surface area contributed by atoms with Crippen molar-refractivity contribution in [3.63, 3.8) is 0 Å². The monoisotopic (exact) mass is 353 g/mol. The van der Waals surface area contributed by atoms with Crippen molar-refractivity contribution in [3.8, 4) is 0 Å². The lowest BCUT2D eigenvalue weighted by Crippen LogP contribution is -2.21. The third-order valence-electron chi connectivity index (χ3n) is 4.35. The Morgan fingerprint density at radius 2 is 2.17 bits per heavy atom. The van der Waals surface area contributed by atoms with Crippen molar-refractivity contribution in [2.75, 3.05) is 11.5 Å². The molecule has 24 heavy (non-hydrogen) atoms. The molecule has 0 aromatic carbocycles. The molecule has 1 saturated heterocycles. The van der Waals surface area contributed by atoms with Crippen LogP contribution in [0.2, 0.25) is 0 Å². The van der Waals surface area contributed by atoms with E-state index in [0.717, 1.165) is 17.8 Å². The minimum absolute atomic E-state index is 0.0821. The van der Waals surface area contributed by atoms with Gasteiger partial charge in [-0.3, -0.25) is 4.79 Å². The highest BCUT2D eigenvalue weighted by atomic mass is 32.2. The Labute approximate surface area is 144 Å². The van der Waals surface area contributed by atoms with E-state index < -0.39 is 9.84 Å². The first-order valence-corrected chi connectivity index (χ1v) is 10.2. The van der Waals surface area contributed by atoms with Crippen LogP contribution in [-0.4, -0.2) is 36.6 Å². The van der Waals surface area contributed by atoms with E-state index in [4.69, 9.17) is 0 Å². The van der Waals surface area contributed by atoms with E-state index in [2.05, 4.69) is 41.9 Å². The van der Waals surface area contributed by atoms with Gasteiger partial charge in [-0.05, 0) is 38.2 Å². The molecule has 1 aromatic rings. The first-order valence-electron chi connectivity index (χ1n) is 8.37. The second-order valence-electron chi connectivity index (χ2n) is 7.10. The molecule has 0 aliphatic carbocycles. The maximum absolute atomic E-state index is 11.9. The average Bonchev–Trinajstić information content (AvgIpc) is 2.92. The summed E-state index contributed by atoms with van der Waals surface area (Å²) in [6, 6.07) is 2.05. The molecule has 2 heterocycles. The molecule has 1 aliphatic rings. The van der Waals surface area contributed by atoms with Crippen molar-refractivity contribution < 1.29 is 13.2 Å². The van der Waals surface area contributed by atoms with Crippen LogP contribution >= 0.6 is 0 Å². The van der Waals surface area contributed by atoms with Gasteiger partial charge in [-0.1, -0.05) is 13.8 Å². The van der Waals surface area contributed by atoms with Gasteiger partial charge < -0.3 is 4.57 Å². The Morgan fingerprint density at radius 1 is 1.46 bits per heavy atom. The quantitative estimate of drug-likeness (QED) is 0.628. The molecular formula is C17H27N3O3S. The first-order chi connectivity index (χ1) is 11.2.